The van der Waals surface area contributed by atoms with Gasteiger partial charge in [-0.25, -0.2) is 4.99 Å². The van der Waals surface area contributed by atoms with E-state index in [4.69, 9.17) is 19.2 Å². The zero-order valence-corrected chi connectivity index (χ0v) is 17.9. The summed E-state index contributed by atoms with van der Waals surface area (Å²) in [4.78, 5) is 4.76. The minimum absolute atomic E-state index is 0.411. The van der Waals surface area contributed by atoms with Crippen LogP contribution in [0.4, 0.5) is 0 Å². The van der Waals surface area contributed by atoms with Crippen LogP contribution in [-0.4, -0.2) is 39.9 Å². The number of methoxy groups -OCH3 is 3. The fourth-order valence-corrected chi connectivity index (χ4v) is 3.59. The molecule has 1 saturated carbocycles. The normalized spacial score (nSPS) is 18.2. The summed E-state index contributed by atoms with van der Waals surface area (Å²) in [6.07, 6.45) is 1.12. The zero-order valence-electron chi connectivity index (χ0n) is 17.9. The summed E-state index contributed by atoms with van der Waals surface area (Å²) in [6.45, 7) is 5.56. The Morgan fingerprint density at radius 1 is 1.07 bits per heavy atom. The fourth-order valence-electron chi connectivity index (χ4n) is 3.59. The maximum atomic E-state index is 5.44. The van der Waals surface area contributed by atoms with Gasteiger partial charge in [-0.1, -0.05) is 24.3 Å². The van der Waals surface area contributed by atoms with Gasteiger partial charge in [0.25, 0.3) is 0 Å². The van der Waals surface area contributed by atoms with E-state index in [1.165, 1.54) is 11.1 Å². The van der Waals surface area contributed by atoms with Gasteiger partial charge in [0.2, 0.25) is 5.75 Å². The number of hydrogen-bond donors (Lipinski definition) is 2. The number of benzene rings is 2. The van der Waals surface area contributed by atoms with Crippen LogP contribution in [0.25, 0.3) is 0 Å². The highest BCUT2D eigenvalue weighted by Gasteiger charge is 2.39. The first kappa shape index (κ1) is 20.8. The molecule has 2 aromatic carbocycles. The number of aryl methyl sites for hydroxylation is 1. The van der Waals surface area contributed by atoms with Crippen molar-refractivity contribution in [3.05, 3.63) is 53.1 Å². The molecule has 2 unspecified atom stereocenters. The van der Waals surface area contributed by atoms with E-state index in [2.05, 4.69) is 48.7 Å². The van der Waals surface area contributed by atoms with E-state index in [-0.39, 0.29) is 0 Å². The van der Waals surface area contributed by atoms with Crippen LogP contribution in [0, 0.1) is 6.92 Å². The van der Waals surface area contributed by atoms with Crippen molar-refractivity contribution in [3.63, 3.8) is 0 Å². The minimum atomic E-state index is 0.411. The number of nitrogens with one attached hydrogen (secondary N) is 2. The topological polar surface area (TPSA) is 64.1 Å². The number of hydrogen-bond acceptors (Lipinski definition) is 4. The molecule has 0 saturated heterocycles. The van der Waals surface area contributed by atoms with Gasteiger partial charge in [0, 0.05) is 18.5 Å². The Morgan fingerprint density at radius 3 is 2.34 bits per heavy atom. The molecule has 6 nitrogen and oxygen atoms in total. The number of rotatable bonds is 8. The second-order valence-corrected chi connectivity index (χ2v) is 7.18. The Balaban J connectivity index is 1.71. The third-order valence-corrected chi connectivity index (χ3v) is 5.19. The van der Waals surface area contributed by atoms with Crippen LogP contribution in [0.1, 0.15) is 36.0 Å². The highest BCUT2D eigenvalue weighted by molar-refractivity contribution is 5.80. The number of ether oxygens (including phenoxy) is 3. The van der Waals surface area contributed by atoms with Gasteiger partial charge >= 0.3 is 0 Å². The molecule has 0 aromatic heterocycles. The van der Waals surface area contributed by atoms with E-state index in [1.54, 1.807) is 21.3 Å². The van der Waals surface area contributed by atoms with Crippen molar-refractivity contribution in [2.45, 2.75) is 38.8 Å². The van der Waals surface area contributed by atoms with Gasteiger partial charge in [0.1, 0.15) is 0 Å². The summed E-state index contributed by atoms with van der Waals surface area (Å²) < 4.78 is 16.3. The fraction of sp³-hybridized carbons (Fsp3) is 0.435. The van der Waals surface area contributed by atoms with Crippen molar-refractivity contribution in [2.24, 2.45) is 4.99 Å². The molecule has 3 rings (SSSR count). The van der Waals surface area contributed by atoms with E-state index in [1.807, 2.05) is 12.1 Å². The van der Waals surface area contributed by atoms with Crippen molar-refractivity contribution in [3.8, 4) is 17.2 Å². The molecule has 6 heteroatoms. The first-order chi connectivity index (χ1) is 14.1. The van der Waals surface area contributed by atoms with Crippen molar-refractivity contribution in [2.75, 3.05) is 27.9 Å². The first-order valence-corrected chi connectivity index (χ1v) is 10.0. The van der Waals surface area contributed by atoms with E-state index in [0.717, 1.165) is 24.5 Å². The lowest BCUT2D eigenvalue weighted by atomic mass is 10.0. The van der Waals surface area contributed by atoms with Crippen LogP contribution < -0.4 is 24.8 Å². The Labute approximate surface area is 173 Å². The van der Waals surface area contributed by atoms with E-state index in [9.17, 15) is 0 Å². The van der Waals surface area contributed by atoms with Gasteiger partial charge in [0.15, 0.2) is 17.5 Å². The highest BCUT2D eigenvalue weighted by atomic mass is 16.5. The van der Waals surface area contributed by atoms with Crippen molar-refractivity contribution >= 4 is 5.96 Å². The molecule has 0 spiro atoms. The molecule has 1 aliphatic rings. The molecule has 1 fully saturated rings. The molecular weight excluding hydrogens is 366 g/mol. The quantitative estimate of drug-likeness (QED) is 0.526. The SMILES string of the molecule is CCNC(=NCc1cc(OC)c(OC)c(OC)c1)NC1CC1c1ccccc1C. The third kappa shape index (κ3) is 4.94. The molecule has 2 aromatic rings. The zero-order chi connectivity index (χ0) is 20.8. The second kappa shape index (κ2) is 9.54. The van der Waals surface area contributed by atoms with E-state index < -0.39 is 0 Å². The number of nitrogens with zero attached hydrogens (tertiary/aromatic N) is 1. The molecule has 0 bridgehead atoms. The van der Waals surface area contributed by atoms with Crippen molar-refractivity contribution in [1.82, 2.24) is 10.6 Å². The van der Waals surface area contributed by atoms with E-state index in [0.29, 0.717) is 35.8 Å². The van der Waals surface area contributed by atoms with Gasteiger partial charge < -0.3 is 24.8 Å². The van der Waals surface area contributed by atoms with Crippen molar-refractivity contribution < 1.29 is 14.2 Å². The van der Waals surface area contributed by atoms with Crippen molar-refractivity contribution in [1.29, 1.82) is 0 Å². The molecule has 29 heavy (non-hydrogen) atoms. The Hall–Kier alpha value is -2.89. The summed E-state index contributed by atoms with van der Waals surface area (Å²) >= 11 is 0. The highest BCUT2D eigenvalue weighted by Crippen LogP contribution is 2.42. The number of guanidine groups is 1. The molecule has 0 heterocycles. The molecule has 1 aliphatic carbocycles. The Bertz CT molecular complexity index is 841. The summed E-state index contributed by atoms with van der Waals surface area (Å²) in [5, 5.41) is 6.91. The van der Waals surface area contributed by atoms with E-state index >= 15 is 0 Å². The van der Waals surface area contributed by atoms with Crippen LogP contribution in [0.15, 0.2) is 41.4 Å². The van der Waals surface area contributed by atoms with Gasteiger partial charge in [-0.2, -0.15) is 0 Å². The summed E-state index contributed by atoms with van der Waals surface area (Å²) in [6, 6.07) is 12.9. The van der Waals surface area contributed by atoms with Crippen LogP contribution in [0.5, 0.6) is 17.2 Å². The van der Waals surface area contributed by atoms with Gasteiger partial charge in [-0.3, -0.25) is 0 Å². The van der Waals surface area contributed by atoms with Gasteiger partial charge in [0.05, 0.1) is 27.9 Å². The predicted molar refractivity (Wildman–Crippen MR) is 116 cm³/mol. The van der Waals surface area contributed by atoms with Gasteiger partial charge in [-0.05, 0) is 49.1 Å². The lowest BCUT2D eigenvalue weighted by molar-refractivity contribution is 0.324. The monoisotopic (exact) mass is 397 g/mol. The standard InChI is InChI=1S/C23H31N3O3/c1-6-24-23(26-19-13-18(19)17-10-8-7-9-15(17)2)25-14-16-11-20(27-3)22(29-5)21(12-16)28-4/h7-12,18-19H,6,13-14H2,1-5H3,(H2,24,25,26). The average Bonchev–Trinajstić information content (AvgIpc) is 3.50. The molecule has 2 atom stereocenters. The lowest BCUT2D eigenvalue weighted by Gasteiger charge is -2.14. The van der Waals surface area contributed by atoms with Crippen LogP contribution in [0.3, 0.4) is 0 Å². The third-order valence-electron chi connectivity index (χ3n) is 5.19. The molecule has 0 amide bonds. The van der Waals surface area contributed by atoms with Crippen LogP contribution in [-0.2, 0) is 6.54 Å². The van der Waals surface area contributed by atoms with Crippen LogP contribution >= 0.6 is 0 Å². The predicted octanol–water partition coefficient (Wildman–Crippen LogP) is 3.63. The summed E-state index contributed by atoms with van der Waals surface area (Å²) in [7, 11) is 4.84. The lowest BCUT2D eigenvalue weighted by Crippen LogP contribution is -2.39. The molecule has 0 radical (unpaired) electrons. The Morgan fingerprint density at radius 2 is 1.76 bits per heavy atom. The smallest absolute Gasteiger partial charge is 0.203 e. The van der Waals surface area contributed by atoms with Gasteiger partial charge in [-0.15, -0.1) is 0 Å². The second-order valence-electron chi connectivity index (χ2n) is 7.18. The van der Waals surface area contributed by atoms with Crippen LogP contribution in [0.2, 0.25) is 0 Å². The summed E-state index contributed by atoms with van der Waals surface area (Å²) in [5.41, 5.74) is 3.76. The summed E-state index contributed by atoms with van der Waals surface area (Å²) in [5.74, 6) is 3.23. The molecule has 0 aliphatic heterocycles. The Kier molecular flexibility index (Phi) is 6.86. The number of aliphatic imine (C=N–C) groups is 1. The first-order valence-electron chi connectivity index (χ1n) is 10.0. The average molecular weight is 398 g/mol. The molecule has 2 N–H and O–H groups in total. The molecule has 156 valence electrons. The molecular formula is C23H31N3O3. The largest absolute Gasteiger partial charge is 0.493 e. The minimum Gasteiger partial charge on any atom is -0.493 e. The maximum absolute atomic E-state index is 5.44. The maximum Gasteiger partial charge on any atom is 0.203 e.